The Kier molecular flexibility index (Phi) is 4.17. The van der Waals surface area contributed by atoms with Gasteiger partial charge in [-0.1, -0.05) is 0 Å². The first-order valence-corrected chi connectivity index (χ1v) is 5.33. The van der Waals surface area contributed by atoms with Crippen LogP contribution in [0.1, 0.15) is 16.1 Å². The van der Waals surface area contributed by atoms with Gasteiger partial charge in [-0.05, 0) is 29.5 Å². The number of nitrogens with zero attached hydrogens (tertiary/aromatic N) is 1. The van der Waals surface area contributed by atoms with Gasteiger partial charge in [-0.2, -0.15) is 0 Å². The molecule has 17 heavy (non-hydrogen) atoms. The zero-order valence-electron chi connectivity index (χ0n) is 8.76. The van der Waals surface area contributed by atoms with E-state index in [0.29, 0.717) is 3.57 Å². The highest BCUT2D eigenvalue weighted by Gasteiger charge is 2.32. The molecule has 0 aliphatic rings. The summed E-state index contributed by atoms with van der Waals surface area (Å²) in [5, 5.41) is 0. The molecule has 0 fully saturated rings. The first-order valence-electron chi connectivity index (χ1n) is 4.26. The van der Waals surface area contributed by atoms with E-state index in [1.54, 1.807) is 22.6 Å². The molecular formula is C9H7F3INO3. The maximum absolute atomic E-state index is 12.0. The number of esters is 1. The van der Waals surface area contributed by atoms with Crippen molar-refractivity contribution in [2.75, 3.05) is 7.11 Å². The molecule has 1 heterocycles. The Morgan fingerprint density at radius 1 is 1.47 bits per heavy atom. The predicted molar refractivity (Wildman–Crippen MR) is 59.7 cm³/mol. The molecule has 8 heteroatoms. The molecule has 94 valence electrons. The summed E-state index contributed by atoms with van der Waals surface area (Å²) in [5.74, 6) is -1.43. The van der Waals surface area contributed by atoms with Crippen LogP contribution in [-0.2, 0) is 4.74 Å². The number of hydrogen-bond acceptors (Lipinski definition) is 4. The molecule has 0 radical (unpaired) electrons. The van der Waals surface area contributed by atoms with E-state index in [2.05, 4.69) is 14.5 Å². The number of aryl methyl sites for hydroxylation is 1. The molecule has 0 atom stereocenters. The highest BCUT2D eigenvalue weighted by atomic mass is 127. The third-order valence-electron chi connectivity index (χ3n) is 1.73. The number of ether oxygens (including phenoxy) is 2. The SMILES string of the molecule is COC(=O)c1cc(OC(F)(F)F)nc(C)c1I. The molecular weight excluding hydrogens is 354 g/mol. The average molecular weight is 361 g/mol. The maximum atomic E-state index is 12.0. The van der Waals surface area contributed by atoms with E-state index in [9.17, 15) is 18.0 Å². The summed E-state index contributed by atoms with van der Waals surface area (Å²) in [5.41, 5.74) is 0.243. The number of rotatable bonds is 2. The van der Waals surface area contributed by atoms with Crippen molar-refractivity contribution >= 4 is 28.6 Å². The highest BCUT2D eigenvalue weighted by Crippen LogP contribution is 2.25. The molecule has 0 aromatic carbocycles. The third kappa shape index (κ3) is 3.72. The van der Waals surface area contributed by atoms with Crippen LogP contribution in [0.3, 0.4) is 0 Å². The minimum atomic E-state index is -4.85. The fourth-order valence-electron chi connectivity index (χ4n) is 1.06. The lowest BCUT2D eigenvalue weighted by atomic mass is 10.2. The molecule has 0 aliphatic heterocycles. The molecule has 1 rings (SSSR count). The second-order valence-corrected chi connectivity index (χ2v) is 4.03. The quantitative estimate of drug-likeness (QED) is 0.601. The second kappa shape index (κ2) is 5.07. The van der Waals surface area contributed by atoms with Crippen molar-refractivity contribution < 1.29 is 27.4 Å². The Labute approximate surface area is 108 Å². The van der Waals surface area contributed by atoms with Crippen LogP contribution in [0, 0.1) is 10.5 Å². The summed E-state index contributed by atoms with van der Waals surface area (Å²) in [6.07, 6.45) is -4.85. The molecule has 0 N–H and O–H groups in total. The molecule has 4 nitrogen and oxygen atoms in total. The number of alkyl halides is 3. The molecule has 0 unspecified atom stereocenters. The number of carbonyl (C=O) groups excluding carboxylic acids is 1. The van der Waals surface area contributed by atoms with Crippen LogP contribution in [0.5, 0.6) is 5.88 Å². The molecule has 0 bridgehead atoms. The maximum Gasteiger partial charge on any atom is 0.574 e. The lowest BCUT2D eigenvalue weighted by Gasteiger charge is -2.11. The van der Waals surface area contributed by atoms with Gasteiger partial charge in [0, 0.05) is 9.64 Å². The molecule has 0 amide bonds. The zero-order chi connectivity index (χ0) is 13.2. The van der Waals surface area contributed by atoms with Gasteiger partial charge in [0.1, 0.15) is 0 Å². The molecule has 0 aliphatic carbocycles. The van der Waals surface area contributed by atoms with Crippen molar-refractivity contribution in [2.45, 2.75) is 13.3 Å². The van der Waals surface area contributed by atoms with Crippen LogP contribution in [0.4, 0.5) is 13.2 Å². The Bertz CT molecular complexity index is 448. The Balaban J connectivity index is 3.19. The minimum Gasteiger partial charge on any atom is -0.465 e. The normalized spacial score (nSPS) is 11.2. The first kappa shape index (κ1) is 14.0. The van der Waals surface area contributed by atoms with Crippen LogP contribution < -0.4 is 4.74 Å². The van der Waals surface area contributed by atoms with E-state index in [-0.39, 0.29) is 11.3 Å². The van der Waals surface area contributed by atoms with Crippen LogP contribution in [0.15, 0.2) is 6.07 Å². The standard InChI is InChI=1S/C9H7F3INO3/c1-4-7(13)5(8(15)16-2)3-6(14-4)17-9(10,11)12/h3H,1-2H3. The van der Waals surface area contributed by atoms with E-state index >= 15 is 0 Å². The van der Waals surface area contributed by atoms with Crippen molar-refractivity contribution in [3.8, 4) is 5.88 Å². The van der Waals surface area contributed by atoms with Gasteiger partial charge in [0.05, 0.1) is 18.4 Å². The highest BCUT2D eigenvalue weighted by molar-refractivity contribution is 14.1. The van der Waals surface area contributed by atoms with Crippen molar-refractivity contribution in [2.24, 2.45) is 0 Å². The summed E-state index contributed by atoms with van der Waals surface area (Å²) >= 11 is 1.80. The van der Waals surface area contributed by atoms with E-state index in [1.807, 2.05) is 0 Å². The first-order chi connectivity index (χ1) is 7.74. The van der Waals surface area contributed by atoms with E-state index in [1.165, 1.54) is 6.92 Å². The molecule has 0 saturated heterocycles. The number of halogens is 4. The van der Waals surface area contributed by atoms with Gasteiger partial charge in [-0.25, -0.2) is 9.78 Å². The van der Waals surface area contributed by atoms with Crippen LogP contribution in [-0.4, -0.2) is 24.4 Å². The number of pyridine rings is 1. The van der Waals surface area contributed by atoms with Gasteiger partial charge in [-0.15, -0.1) is 13.2 Å². The summed E-state index contributed by atoms with van der Waals surface area (Å²) in [4.78, 5) is 14.9. The Morgan fingerprint density at radius 3 is 2.53 bits per heavy atom. The average Bonchev–Trinajstić information content (AvgIpc) is 2.19. The smallest absolute Gasteiger partial charge is 0.465 e. The number of aromatic nitrogens is 1. The number of carbonyl (C=O) groups is 1. The monoisotopic (exact) mass is 361 g/mol. The fourth-order valence-corrected chi connectivity index (χ4v) is 1.55. The van der Waals surface area contributed by atoms with Crippen LogP contribution in [0.2, 0.25) is 0 Å². The largest absolute Gasteiger partial charge is 0.574 e. The van der Waals surface area contributed by atoms with Crippen molar-refractivity contribution in [3.05, 3.63) is 20.9 Å². The predicted octanol–water partition coefficient (Wildman–Crippen LogP) is 2.68. The summed E-state index contributed by atoms with van der Waals surface area (Å²) < 4.78 is 44.5. The van der Waals surface area contributed by atoms with Gasteiger partial charge in [0.25, 0.3) is 0 Å². The topological polar surface area (TPSA) is 48.4 Å². The Morgan fingerprint density at radius 2 is 2.06 bits per heavy atom. The van der Waals surface area contributed by atoms with Gasteiger partial charge < -0.3 is 9.47 Å². The lowest BCUT2D eigenvalue weighted by Crippen LogP contribution is -2.19. The fraction of sp³-hybridized carbons (Fsp3) is 0.333. The second-order valence-electron chi connectivity index (χ2n) is 2.95. The summed E-state index contributed by atoms with van der Waals surface area (Å²) in [7, 11) is 1.14. The van der Waals surface area contributed by atoms with Gasteiger partial charge in [0.2, 0.25) is 5.88 Å². The van der Waals surface area contributed by atoms with Gasteiger partial charge in [-0.3, -0.25) is 0 Å². The van der Waals surface area contributed by atoms with Gasteiger partial charge >= 0.3 is 12.3 Å². The van der Waals surface area contributed by atoms with Crippen LogP contribution in [0.25, 0.3) is 0 Å². The van der Waals surface area contributed by atoms with Crippen molar-refractivity contribution in [1.82, 2.24) is 4.98 Å². The summed E-state index contributed by atoms with van der Waals surface area (Å²) in [6.45, 7) is 1.47. The minimum absolute atomic E-state index is 0.0140. The Hall–Kier alpha value is -1.06. The molecule has 0 saturated carbocycles. The van der Waals surface area contributed by atoms with E-state index in [4.69, 9.17) is 0 Å². The third-order valence-corrected chi connectivity index (χ3v) is 3.09. The van der Waals surface area contributed by atoms with Crippen LogP contribution >= 0.6 is 22.6 Å². The van der Waals surface area contributed by atoms with E-state index < -0.39 is 18.2 Å². The molecule has 0 spiro atoms. The molecule has 1 aromatic heterocycles. The lowest BCUT2D eigenvalue weighted by molar-refractivity contribution is -0.276. The zero-order valence-corrected chi connectivity index (χ0v) is 10.9. The van der Waals surface area contributed by atoms with Gasteiger partial charge in [0.15, 0.2) is 0 Å². The molecule has 1 aromatic rings. The van der Waals surface area contributed by atoms with E-state index in [0.717, 1.165) is 13.2 Å². The number of methoxy groups -OCH3 is 1. The summed E-state index contributed by atoms with van der Waals surface area (Å²) in [6, 6.07) is 0.897. The van der Waals surface area contributed by atoms with Crippen molar-refractivity contribution in [1.29, 1.82) is 0 Å². The van der Waals surface area contributed by atoms with Crippen molar-refractivity contribution in [3.63, 3.8) is 0 Å². The number of hydrogen-bond donors (Lipinski definition) is 0.